The summed E-state index contributed by atoms with van der Waals surface area (Å²) in [6.45, 7) is 0. The summed E-state index contributed by atoms with van der Waals surface area (Å²) >= 11 is 0. The number of hydrogen-bond donors (Lipinski definition) is 2. The van der Waals surface area contributed by atoms with E-state index in [4.69, 9.17) is 5.73 Å². The van der Waals surface area contributed by atoms with Gasteiger partial charge in [0, 0.05) is 18.5 Å². The fraction of sp³-hybridized carbons (Fsp3) is 1.00. The lowest BCUT2D eigenvalue weighted by Crippen LogP contribution is -2.32. The summed E-state index contributed by atoms with van der Waals surface area (Å²) in [5.74, 6) is -0.504. The monoisotopic (exact) mass is 246 g/mol. The Labute approximate surface area is 86.1 Å². The third kappa shape index (κ3) is 5.33. The largest absolute Gasteiger partial charge is 0.389 e. The highest BCUT2D eigenvalue weighted by molar-refractivity contribution is 7.89. The molecule has 0 saturated heterocycles. The molecule has 2 unspecified atom stereocenters. The van der Waals surface area contributed by atoms with Crippen molar-refractivity contribution in [1.82, 2.24) is 4.72 Å². The molecule has 1 aliphatic carbocycles. The molecule has 0 aromatic carbocycles. The molecular weight excluding hydrogens is 233 g/mol. The molecule has 0 aromatic rings. The van der Waals surface area contributed by atoms with Gasteiger partial charge in [0.15, 0.2) is 0 Å². The summed E-state index contributed by atoms with van der Waals surface area (Å²) in [7, 11) is -3.60. The summed E-state index contributed by atoms with van der Waals surface area (Å²) in [6, 6.07) is -0.483. The topological polar surface area (TPSA) is 72.2 Å². The third-order valence-corrected chi connectivity index (χ3v) is 3.53. The van der Waals surface area contributed by atoms with Gasteiger partial charge in [0.2, 0.25) is 10.0 Å². The first-order chi connectivity index (χ1) is 6.70. The fourth-order valence-corrected chi connectivity index (χ4v) is 2.48. The Balaban J connectivity index is 2.25. The number of hydrogen-bond acceptors (Lipinski definition) is 3. The minimum atomic E-state index is -4.30. The Kier molecular flexibility index (Phi) is 3.62. The van der Waals surface area contributed by atoms with Gasteiger partial charge in [0.1, 0.15) is 0 Å². The van der Waals surface area contributed by atoms with Crippen LogP contribution in [0.25, 0.3) is 0 Å². The van der Waals surface area contributed by atoms with Crippen LogP contribution >= 0.6 is 0 Å². The summed E-state index contributed by atoms with van der Waals surface area (Å²) < 4.78 is 59.8. The minimum Gasteiger partial charge on any atom is -0.326 e. The smallest absolute Gasteiger partial charge is 0.326 e. The lowest BCUT2D eigenvalue weighted by Gasteiger charge is -2.07. The van der Waals surface area contributed by atoms with Crippen LogP contribution in [0.15, 0.2) is 0 Å². The lowest BCUT2D eigenvalue weighted by molar-refractivity contribution is -0.134. The number of rotatable bonds is 5. The molecule has 0 spiro atoms. The van der Waals surface area contributed by atoms with Crippen molar-refractivity contribution < 1.29 is 21.6 Å². The second kappa shape index (κ2) is 4.26. The van der Waals surface area contributed by atoms with Gasteiger partial charge in [-0.2, -0.15) is 13.2 Å². The number of nitrogens with two attached hydrogens (primary N) is 1. The van der Waals surface area contributed by atoms with E-state index in [9.17, 15) is 21.6 Å². The second-order valence-corrected chi connectivity index (χ2v) is 5.53. The standard InChI is InChI=1S/C7H13F3N2O2S/c8-7(9,10)2-1-3-15(13,14)12-6-4-5(6)11/h5-6,12H,1-4,11H2. The zero-order valence-corrected chi connectivity index (χ0v) is 8.74. The number of sulfonamides is 1. The molecule has 1 saturated carbocycles. The molecule has 4 nitrogen and oxygen atoms in total. The Hall–Kier alpha value is -0.340. The van der Waals surface area contributed by atoms with Gasteiger partial charge in [-0.25, -0.2) is 13.1 Å². The number of alkyl halides is 3. The predicted octanol–water partition coefficient (Wildman–Crippen LogP) is 0.348. The molecule has 0 radical (unpaired) electrons. The van der Waals surface area contributed by atoms with E-state index in [0.717, 1.165) is 0 Å². The Morgan fingerprint density at radius 3 is 2.33 bits per heavy atom. The molecule has 90 valence electrons. The Morgan fingerprint density at radius 2 is 1.93 bits per heavy atom. The van der Waals surface area contributed by atoms with Gasteiger partial charge in [-0.1, -0.05) is 0 Å². The van der Waals surface area contributed by atoms with E-state index in [1.165, 1.54) is 0 Å². The van der Waals surface area contributed by atoms with Crippen molar-refractivity contribution >= 4 is 10.0 Å². The van der Waals surface area contributed by atoms with Crippen LogP contribution in [0, 0.1) is 0 Å². The van der Waals surface area contributed by atoms with E-state index in [1.54, 1.807) is 0 Å². The zero-order valence-electron chi connectivity index (χ0n) is 7.92. The van der Waals surface area contributed by atoms with E-state index in [0.29, 0.717) is 6.42 Å². The molecular formula is C7H13F3N2O2S. The molecule has 3 N–H and O–H groups in total. The van der Waals surface area contributed by atoms with Crippen molar-refractivity contribution in [2.45, 2.75) is 37.5 Å². The maximum Gasteiger partial charge on any atom is 0.389 e. The lowest BCUT2D eigenvalue weighted by atomic mass is 10.3. The summed E-state index contributed by atoms with van der Waals surface area (Å²) in [5, 5.41) is 0. The highest BCUT2D eigenvalue weighted by Crippen LogP contribution is 2.22. The van der Waals surface area contributed by atoms with Crippen molar-refractivity contribution in [3.8, 4) is 0 Å². The highest BCUT2D eigenvalue weighted by atomic mass is 32.2. The van der Waals surface area contributed by atoms with Crippen LogP contribution in [0.3, 0.4) is 0 Å². The normalized spacial score (nSPS) is 26.7. The molecule has 2 atom stereocenters. The maximum absolute atomic E-state index is 11.7. The molecule has 8 heteroatoms. The molecule has 0 aliphatic heterocycles. The third-order valence-electron chi connectivity index (χ3n) is 2.04. The van der Waals surface area contributed by atoms with Gasteiger partial charge in [-0.3, -0.25) is 0 Å². The van der Waals surface area contributed by atoms with E-state index < -0.39 is 34.8 Å². The van der Waals surface area contributed by atoms with E-state index in [2.05, 4.69) is 4.72 Å². The highest BCUT2D eigenvalue weighted by Gasteiger charge is 2.37. The van der Waals surface area contributed by atoms with Crippen molar-refractivity contribution in [3.63, 3.8) is 0 Å². The van der Waals surface area contributed by atoms with Gasteiger partial charge >= 0.3 is 6.18 Å². The van der Waals surface area contributed by atoms with Crippen LogP contribution in [0.5, 0.6) is 0 Å². The molecule has 1 rings (SSSR count). The first-order valence-electron chi connectivity index (χ1n) is 4.52. The molecule has 0 aromatic heterocycles. The van der Waals surface area contributed by atoms with Crippen LogP contribution in [0.2, 0.25) is 0 Å². The van der Waals surface area contributed by atoms with Crippen LogP contribution in [0.4, 0.5) is 13.2 Å². The SMILES string of the molecule is NC1CC1NS(=O)(=O)CCCC(F)(F)F. The van der Waals surface area contributed by atoms with Gasteiger partial charge < -0.3 is 5.73 Å². The summed E-state index contributed by atoms with van der Waals surface area (Å²) in [5.41, 5.74) is 5.36. The summed E-state index contributed by atoms with van der Waals surface area (Å²) in [6.07, 6.45) is -5.24. The first kappa shape index (κ1) is 12.7. The predicted molar refractivity (Wildman–Crippen MR) is 48.6 cm³/mol. The zero-order chi connectivity index (χ0) is 11.7. The van der Waals surface area contributed by atoms with Crippen LogP contribution in [-0.4, -0.2) is 32.4 Å². The second-order valence-electron chi connectivity index (χ2n) is 3.66. The van der Waals surface area contributed by atoms with Crippen LogP contribution in [-0.2, 0) is 10.0 Å². The molecule has 0 amide bonds. The Bertz CT molecular complexity index is 315. The van der Waals surface area contributed by atoms with E-state index in [-0.39, 0.29) is 12.1 Å². The molecule has 0 bridgehead atoms. The number of halogens is 3. The van der Waals surface area contributed by atoms with Crippen molar-refractivity contribution in [1.29, 1.82) is 0 Å². The first-order valence-corrected chi connectivity index (χ1v) is 6.17. The molecule has 0 heterocycles. The maximum atomic E-state index is 11.7. The molecule has 15 heavy (non-hydrogen) atoms. The quantitative estimate of drug-likeness (QED) is 0.735. The van der Waals surface area contributed by atoms with Crippen LogP contribution < -0.4 is 10.5 Å². The van der Waals surface area contributed by atoms with Gasteiger partial charge in [0.25, 0.3) is 0 Å². The van der Waals surface area contributed by atoms with Crippen molar-refractivity contribution in [2.75, 3.05) is 5.75 Å². The van der Waals surface area contributed by atoms with Gasteiger partial charge in [-0.15, -0.1) is 0 Å². The van der Waals surface area contributed by atoms with E-state index >= 15 is 0 Å². The molecule has 1 aliphatic rings. The van der Waals surface area contributed by atoms with Crippen molar-refractivity contribution in [2.24, 2.45) is 5.73 Å². The van der Waals surface area contributed by atoms with Crippen LogP contribution in [0.1, 0.15) is 19.3 Å². The van der Waals surface area contributed by atoms with E-state index in [1.807, 2.05) is 0 Å². The number of nitrogens with one attached hydrogen (secondary N) is 1. The average Bonchev–Trinajstić information content (AvgIpc) is 2.60. The average molecular weight is 246 g/mol. The van der Waals surface area contributed by atoms with Crippen molar-refractivity contribution in [3.05, 3.63) is 0 Å². The van der Waals surface area contributed by atoms with Gasteiger partial charge in [0.05, 0.1) is 5.75 Å². The molecule has 1 fully saturated rings. The summed E-state index contributed by atoms with van der Waals surface area (Å²) in [4.78, 5) is 0. The minimum absolute atomic E-state index is 0.192. The van der Waals surface area contributed by atoms with Gasteiger partial charge in [-0.05, 0) is 12.8 Å². The Morgan fingerprint density at radius 1 is 1.40 bits per heavy atom. The fourth-order valence-electron chi connectivity index (χ4n) is 1.10.